The van der Waals surface area contributed by atoms with Crippen LogP contribution in [-0.4, -0.2) is 34.5 Å². The monoisotopic (exact) mass is 428 g/mol. The molecule has 32 heavy (non-hydrogen) atoms. The summed E-state index contributed by atoms with van der Waals surface area (Å²) in [5.74, 6) is 1.33. The van der Waals surface area contributed by atoms with E-state index in [9.17, 15) is 4.79 Å². The number of pyridine rings is 1. The molecule has 1 amide bonds. The number of hydrogen-bond acceptors (Lipinski definition) is 7. The van der Waals surface area contributed by atoms with Crippen LogP contribution in [0.1, 0.15) is 11.3 Å². The lowest BCUT2D eigenvalue weighted by molar-refractivity contribution is -0.115. The number of amides is 1. The third-order valence-electron chi connectivity index (χ3n) is 4.80. The van der Waals surface area contributed by atoms with Crippen LogP contribution in [0.25, 0.3) is 10.9 Å². The summed E-state index contributed by atoms with van der Waals surface area (Å²) < 4.78 is 5.91. The molecule has 0 aliphatic heterocycles. The Morgan fingerprint density at radius 1 is 1.00 bits per heavy atom. The van der Waals surface area contributed by atoms with E-state index in [2.05, 4.69) is 30.9 Å². The maximum absolute atomic E-state index is 11.9. The van der Waals surface area contributed by atoms with Crippen LogP contribution in [-0.2, 0) is 11.4 Å². The van der Waals surface area contributed by atoms with E-state index in [1.165, 1.54) is 6.33 Å². The van der Waals surface area contributed by atoms with Crippen molar-refractivity contribution in [3.8, 4) is 5.75 Å². The van der Waals surface area contributed by atoms with Gasteiger partial charge in [-0.25, -0.2) is 9.97 Å². The first-order chi connectivity index (χ1) is 15.6. The lowest BCUT2D eigenvalue weighted by Crippen LogP contribution is -2.25. The zero-order valence-electron chi connectivity index (χ0n) is 17.9. The highest BCUT2D eigenvalue weighted by Gasteiger charge is 2.09. The minimum atomic E-state index is -0.116. The van der Waals surface area contributed by atoms with Gasteiger partial charge < -0.3 is 20.7 Å². The van der Waals surface area contributed by atoms with Crippen molar-refractivity contribution in [1.82, 2.24) is 20.3 Å². The quantitative estimate of drug-likeness (QED) is 0.392. The minimum absolute atomic E-state index is 0.116. The first-order valence-corrected chi connectivity index (χ1v) is 10.2. The van der Waals surface area contributed by atoms with Gasteiger partial charge in [0.1, 0.15) is 24.5 Å². The number of benzene rings is 2. The van der Waals surface area contributed by atoms with Gasteiger partial charge in [0.05, 0.1) is 17.8 Å². The fourth-order valence-corrected chi connectivity index (χ4v) is 3.26. The minimum Gasteiger partial charge on any atom is -0.487 e. The van der Waals surface area contributed by atoms with Gasteiger partial charge in [0.2, 0.25) is 5.91 Å². The second-order valence-corrected chi connectivity index (χ2v) is 7.25. The van der Waals surface area contributed by atoms with Crippen LogP contribution >= 0.6 is 0 Å². The molecule has 0 aliphatic rings. The van der Waals surface area contributed by atoms with E-state index >= 15 is 0 Å². The van der Waals surface area contributed by atoms with Crippen LogP contribution in [0.15, 0.2) is 67.1 Å². The Labute approximate surface area is 186 Å². The van der Waals surface area contributed by atoms with Gasteiger partial charge in [-0.1, -0.05) is 6.07 Å². The average molecular weight is 428 g/mol. The van der Waals surface area contributed by atoms with Crippen LogP contribution in [0.2, 0.25) is 0 Å². The molecule has 2 aromatic carbocycles. The first-order valence-electron chi connectivity index (χ1n) is 10.2. The normalized spacial score (nSPS) is 10.7. The van der Waals surface area contributed by atoms with Crippen LogP contribution in [0.3, 0.4) is 0 Å². The summed E-state index contributed by atoms with van der Waals surface area (Å²) in [5, 5.41) is 9.86. The standard InChI is InChI=1S/C24H24N6O2/c1-16-11-17(7-9-22(16)32-14-19-5-3-4-10-26-19)30-24-20-12-18(29-23(31)13-25-2)6-8-21(20)27-15-28-24/h3-12,15,25H,13-14H2,1-2H3,(H,29,31)(H,27,28,30). The molecule has 0 spiro atoms. The molecule has 0 atom stereocenters. The number of hydrogen-bond donors (Lipinski definition) is 3. The number of ether oxygens (including phenoxy) is 1. The third-order valence-corrected chi connectivity index (χ3v) is 4.80. The van der Waals surface area contributed by atoms with Gasteiger partial charge in [-0.05, 0) is 68.1 Å². The first kappa shape index (κ1) is 21.2. The van der Waals surface area contributed by atoms with E-state index < -0.39 is 0 Å². The van der Waals surface area contributed by atoms with E-state index in [0.29, 0.717) is 18.1 Å². The second kappa shape index (κ2) is 9.84. The van der Waals surface area contributed by atoms with Gasteiger partial charge in [-0.3, -0.25) is 9.78 Å². The van der Waals surface area contributed by atoms with Gasteiger partial charge in [0.15, 0.2) is 0 Å². The fourth-order valence-electron chi connectivity index (χ4n) is 3.26. The number of aromatic nitrogens is 3. The van der Waals surface area contributed by atoms with Crippen LogP contribution in [0.4, 0.5) is 17.2 Å². The number of carbonyl (C=O) groups excluding carboxylic acids is 1. The maximum atomic E-state index is 11.9. The molecule has 0 unspecified atom stereocenters. The largest absolute Gasteiger partial charge is 0.487 e. The average Bonchev–Trinajstić information content (AvgIpc) is 2.80. The van der Waals surface area contributed by atoms with Gasteiger partial charge in [-0.15, -0.1) is 0 Å². The van der Waals surface area contributed by atoms with Crippen molar-refractivity contribution in [2.75, 3.05) is 24.2 Å². The Kier molecular flexibility index (Phi) is 6.52. The molecular formula is C24H24N6O2. The van der Waals surface area contributed by atoms with Crippen molar-refractivity contribution >= 4 is 34.0 Å². The zero-order valence-corrected chi connectivity index (χ0v) is 17.9. The summed E-state index contributed by atoms with van der Waals surface area (Å²) in [6.07, 6.45) is 3.27. The highest BCUT2D eigenvalue weighted by molar-refractivity contribution is 5.97. The molecule has 2 aromatic heterocycles. The van der Waals surface area contributed by atoms with E-state index in [0.717, 1.165) is 33.6 Å². The van der Waals surface area contributed by atoms with Gasteiger partial charge >= 0.3 is 0 Å². The number of fused-ring (bicyclic) bond motifs is 1. The van der Waals surface area contributed by atoms with Gasteiger partial charge in [0, 0.05) is 23.0 Å². The predicted octanol–water partition coefficient (Wildman–Crippen LogP) is 3.81. The number of rotatable bonds is 8. The van der Waals surface area contributed by atoms with Crippen LogP contribution in [0, 0.1) is 6.92 Å². The van der Waals surface area contributed by atoms with Gasteiger partial charge in [-0.2, -0.15) is 0 Å². The predicted molar refractivity (Wildman–Crippen MR) is 125 cm³/mol. The van der Waals surface area contributed by atoms with Crippen LogP contribution < -0.4 is 20.7 Å². The smallest absolute Gasteiger partial charge is 0.238 e. The molecule has 8 heteroatoms. The van der Waals surface area contributed by atoms with Crippen molar-refractivity contribution in [2.45, 2.75) is 13.5 Å². The Bertz CT molecular complexity index is 1230. The fraction of sp³-hybridized carbons (Fsp3) is 0.167. The molecule has 0 fully saturated rings. The Morgan fingerprint density at radius 3 is 2.66 bits per heavy atom. The molecule has 8 nitrogen and oxygen atoms in total. The van der Waals surface area contributed by atoms with Gasteiger partial charge in [0.25, 0.3) is 0 Å². The lowest BCUT2D eigenvalue weighted by Gasteiger charge is -2.13. The van der Waals surface area contributed by atoms with E-state index in [1.54, 1.807) is 13.2 Å². The maximum Gasteiger partial charge on any atom is 0.238 e. The van der Waals surface area contributed by atoms with Crippen molar-refractivity contribution in [3.05, 3.63) is 78.4 Å². The SMILES string of the molecule is CNCC(=O)Nc1ccc2ncnc(Nc3ccc(OCc4ccccn4)c(C)c3)c2c1. The summed E-state index contributed by atoms with van der Waals surface area (Å²) in [6, 6.07) is 17.2. The molecule has 2 heterocycles. The Morgan fingerprint density at radius 2 is 1.88 bits per heavy atom. The topological polar surface area (TPSA) is 101 Å². The zero-order chi connectivity index (χ0) is 22.3. The summed E-state index contributed by atoms with van der Waals surface area (Å²) in [7, 11) is 1.73. The number of nitrogens with one attached hydrogen (secondary N) is 3. The molecule has 162 valence electrons. The molecule has 0 saturated heterocycles. The number of likely N-dealkylation sites (N-methyl/N-ethyl adjacent to an activating group) is 1. The molecule has 0 aliphatic carbocycles. The number of anilines is 3. The second-order valence-electron chi connectivity index (χ2n) is 7.25. The number of carbonyl (C=O) groups is 1. The van der Waals surface area contributed by atoms with Crippen molar-refractivity contribution < 1.29 is 9.53 Å². The Hall–Kier alpha value is -4.04. The molecule has 4 rings (SSSR count). The molecule has 4 aromatic rings. The number of nitrogens with zero attached hydrogens (tertiary/aromatic N) is 3. The summed E-state index contributed by atoms with van der Waals surface area (Å²) in [6.45, 7) is 2.64. The molecule has 0 saturated carbocycles. The highest BCUT2D eigenvalue weighted by Crippen LogP contribution is 2.28. The van der Waals surface area contributed by atoms with Crippen LogP contribution in [0.5, 0.6) is 5.75 Å². The molecular weight excluding hydrogens is 404 g/mol. The summed E-state index contributed by atoms with van der Waals surface area (Å²) in [5.41, 5.74) is 4.20. The lowest BCUT2D eigenvalue weighted by atomic mass is 10.1. The molecule has 0 bridgehead atoms. The summed E-state index contributed by atoms with van der Waals surface area (Å²) >= 11 is 0. The van der Waals surface area contributed by atoms with Crippen molar-refractivity contribution in [1.29, 1.82) is 0 Å². The van der Waals surface area contributed by atoms with Crippen molar-refractivity contribution in [2.24, 2.45) is 0 Å². The van der Waals surface area contributed by atoms with E-state index in [4.69, 9.17) is 4.74 Å². The van der Waals surface area contributed by atoms with Crippen molar-refractivity contribution in [3.63, 3.8) is 0 Å². The van der Waals surface area contributed by atoms with E-state index in [-0.39, 0.29) is 12.5 Å². The number of aryl methyl sites for hydroxylation is 1. The molecule has 0 radical (unpaired) electrons. The van der Waals surface area contributed by atoms with E-state index in [1.807, 2.05) is 61.5 Å². The third kappa shape index (κ3) is 5.16. The Balaban J connectivity index is 1.52. The molecule has 3 N–H and O–H groups in total. The summed E-state index contributed by atoms with van der Waals surface area (Å²) in [4.78, 5) is 24.9. The highest BCUT2D eigenvalue weighted by atomic mass is 16.5.